The number of amides is 1. The number of rotatable bonds is 6. The minimum atomic E-state index is -3.70. The maximum atomic E-state index is 12.7. The first kappa shape index (κ1) is 20.8. The third-order valence-corrected chi connectivity index (χ3v) is 6.18. The van der Waals surface area contributed by atoms with Gasteiger partial charge in [-0.1, -0.05) is 6.07 Å². The van der Waals surface area contributed by atoms with E-state index >= 15 is 0 Å². The molecule has 1 heterocycles. The summed E-state index contributed by atoms with van der Waals surface area (Å²) in [6.07, 6.45) is 1.38. The van der Waals surface area contributed by atoms with Gasteiger partial charge in [0.25, 0.3) is 5.91 Å². The molecule has 2 aromatic rings. The van der Waals surface area contributed by atoms with E-state index < -0.39 is 15.9 Å². The first-order valence-corrected chi connectivity index (χ1v) is 10.2. The molecule has 0 radical (unpaired) electrons. The Morgan fingerprint density at radius 3 is 2.72 bits per heavy atom. The number of nitrogens with one attached hydrogen (secondary N) is 1. The highest BCUT2D eigenvalue weighted by Gasteiger charge is 2.26. The van der Waals surface area contributed by atoms with Crippen molar-refractivity contribution in [1.82, 2.24) is 9.73 Å². The number of hydrazone groups is 1. The summed E-state index contributed by atoms with van der Waals surface area (Å²) in [4.78, 5) is 12.4. The summed E-state index contributed by atoms with van der Waals surface area (Å²) < 4.78 is 37.0. The van der Waals surface area contributed by atoms with Crippen LogP contribution >= 0.6 is 0 Å². The van der Waals surface area contributed by atoms with E-state index in [0.29, 0.717) is 18.8 Å². The molecule has 10 heteroatoms. The van der Waals surface area contributed by atoms with E-state index in [4.69, 9.17) is 9.47 Å². The van der Waals surface area contributed by atoms with Gasteiger partial charge >= 0.3 is 0 Å². The Morgan fingerprint density at radius 1 is 1.24 bits per heavy atom. The standard InChI is InChI=1S/C19H21N3O6S/c1-27-18-11-14(5-6-17(18)23)13-20-21-19(24)15-3-2-4-16(12-15)29(25,26)22-7-9-28-10-8-22/h2-6,11-13,23H,7-10H2,1H3,(H,21,24). The minimum absolute atomic E-state index is 0.00743. The highest BCUT2D eigenvalue weighted by molar-refractivity contribution is 7.89. The zero-order valence-corrected chi connectivity index (χ0v) is 16.6. The molecule has 0 atom stereocenters. The van der Waals surface area contributed by atoms with Crippen molar-refractivity contribution in [3.05, 3.63) is 53.6 Å². The number of carbonyl (C=O) groups excluding carboxylic acids is 1. The number of carbonyl (C=O) groups is 1. The summed E-state index contributed by atoms with van der Waals surface area (Å²) >= 11 is 0. The molecular weight excluding hydrogens is 398 g/mol. The molecule has 154 valence electrons. The molecule has 0 aromatic heterocycles. The summed E-state index contributed by atoms with van der Waals surface area (Å²) in [7, 11) is -2.27. The van der Waals surface area contributed by atoms with Crippen LogP contribution in [-0.4, -0.2) is 63.4 Å². The lowest BCUT2D eigenvalue weighted by molar-refractivity contribution is 0.0730. The van der Waals surface area contributed by atoms with Crippen LogP contribution in [0.5, 0.6) is 11.5 Å². The number of hydrogen-bond donors (Lipinski definition) is 2. The van der Waals surface area contributed by atoms with Crippen LogP contribution in [0, 0.1) is 0 Å². The Hall–Kier alpha value is -2.95. The van der Waals surface area contributed by atoms with Crippen LogP contribution in [0.25, 0.3) is 0 Å². The molecule has 1 aliphatic heterocycles. The van der Waals surface area contributed by atoms with Crippen molar-refractivity contribution in [1.29, 1.82) is 0 Å². The zero-order chi connectivity index (χ0) is 20.9. The zero-order valence-electron chi connectivity index (χ0n) is 15.7. The largest absolute Gasteiger partial charge is 0.504 e. The molecule has 0 aliphatic carbocycles. The fraction of sp³-hybridized carbons (Fsp3) is 0.263. The van der Waals surface area contributed by atoms with Gasteiger partial charge in [-0.25, -0.2) is 13.8 Å². The molecule has 0 bridgehead atoms. The fourth-order valence-corrected chi connectivity index (χ4v) is 4.19. The number of nitrogens with zero attached hydrogens (tertiary/aromatic N) is 2. The molecule has 2 N–H and O–H groups in total. The molecular formula is C19H21N3O6S. The predicted octanol–water partition coefficient (Wildman–Crippen LogP) is 1.19. The van der Waals surface area contributed by atoms with Crippen LogP contribution < -0.4 is 10.2 Å². The van der Waals surface area contributed by atoms with E-state index in [1.165, 1.54) is 48.0 Å². The number of benzene rings is 2. The van der Waals surface area contributed by atoms with Crippen molar-refractivity contribution in [2.45, 2.75) is 4.90 Å². The molecule has 1 fully saturated rings. The fourth-order valence-electron chi connectivity index (χ4n) is 2.74. The monoisotopic (exact) mass is 419 g/mol. The second kappa shape index (κ2) is 9.03. The van der Waals surface area contributed by atoms with Crippen LogP contribution in [0.4, 0.5) is 0 Å². The summed E-state index contributed by atoms with van der Waals surface area (Å²) in [6.45, 7) is 1.24. The number of morpholine rings is 1. The summed E-state index contributed by atoms with van der Waals surface area (Å²) in [5.74, 6) is -0.278. The van der Waals surface area contributed by atoms with E-state index in [1.807, 2.05) is 0 Å². The van der Waals surface area contributed by atoms with Crippen molar-refractivity contribution in [3.63, 3.8) is 0 Å². The quantitative estimate of drug-likeness (QED) is 0.536. The summed E-state index contributed by atoms with van der Waals surface area (Å²) in [5, 5.41) is 13.5. The Kier molecular flexibility index (Phi) is 6.47. The average Bonchev–Trinajstić information content (AvgIpc) is 2.75. The molecule has 1 aliphatic rings. The Balaban J connectivity index is 1.71. The molecule has 29 heavy (non-hydrogen) atoms. The highest BCUT2D eigenvalue weighted by Crippen LogP contribution is 2.25. The number of hydrogen-bond acceptors (Lipinski definition) is 7. The van der Waals surface area contributed by atoms with Gasteiger partial charge in [-0.15, -0.1) is 0 Å². The highest BCUT2D eigenvalue weighted by atomic mass is 32.2. The van der Waals surface area contributed by atoms with E-state index in [0.717, 1.165) is 0 Å². The van der Waals surface area contributed by atoms with Crippen molar-refractivity contribution in [3.8, 4) is 11.5 Å². The normalized spacial score (nSPS) is 15.3. The molecule has 2 aromatic carbocycles. The van der Waals surface area contributed by atoms with Crippen LogP contribution in [0.3, 0.4) is 0 Å². The number of sulfonamides is 1. The molecule has 0 saturated carbocycles. The maximum absolute atomic E-state index is 12.7. The lowest BCUT2D eigenvalue weighted by Gasteiger charge is -2.26. The van der Waals surface area contributed by atoms with E-state index in [1.54, 1.807) is 12.1 Å². The molecule has 0 unspecified atom stereocenters. The molecule has 0 spiro atoms. The van der Waals surface area contributed by atoms with Gasteiger partial charge in [0.1, 0.15) is 0 Å². The van der Waals surface area contributed by atoms with Gasteiger partial charge in [-0.2, -0.15) is 9.41 Å². The SMILES string of the molecule is COc1cc(C=NNC(=O)c2cccc(S(=O)(=O)N3CCOCC3)c2)ccc1O. The first-order valence-electron chi connectivity index (χ1n) is 8.80. The van der Waals surface area contributed by atoms with Crippen molar-refractivity contribution in [2.75, 3.05) is 33.4 Å². The Bertz CT molecular complexity index is 1020. The molecule has 1 amide bonds. The first-order chi connectivity index (χ1) is 13.9. The summed E-state index contributed by atoms with van der Waals surface area (Å²) in [6, 6.07) is 10.4. The smallest absolute Gasteiger partial charge is 0.271 e. The third-order valence-electron chi connectivity index (χ3n) is 4.29. The number of ether oxygens (including phenoxy) is 2. The topological polar surface area (TPSA) is 118 Å². The third kappa shape index (κ3) is 4.91. The van der Waals surface area contributed by atoms with Gasteiger partial charge in [0.15, 0.2) is 11.5 Å². The lowest BCUT2D eigenvalue weighted by Crippen LogP contribution is -2.40. The Labute approximate surface area is 168 Å². The maximum Gasteiger partial charge on any atom is 0.271 e. The number of aromatic hydroxyl groups is 1. The van der Waals surface area contributed by atoms with Crippen LogP contribution in [0.15, 0.2) is 52.5 Å². The average molecular weight is 419 g/mol. The van der Waals surface area contributed by atoms with Crippen molar-refractivity contribution < 1.29 is 27.8 Å². The second-order valence-corrected chi connectivity index (χ2v) is 8.11. The van der Waals surface area contributed by atoms with Gasteiger partial charge in [-0.05, 0) is 42.0 Å². The molecule has 3 rings (SSSR count). The van der Waals surface area contributed by atoms with Gasteiger partial charge in [0, 0.05) is 18.7 Å². The van der Waals surface area contributed by atoms with E-state index in [-0.39, 0.29) is 35.0 Å². The van der Waals surface area contributed by atoms with Gasteiger partial charge in [-0.3, -0.25) is 4.79 Å². The van der Waals surface area contributed by atoms with Gasteiger partial charge in [0.2, 0.25) is 10.0 Å². The van der Waals surface area contributed by atoms with Crippen LogP contribution in [-0.2, 0) is 14.8 Å². The van der Waals surface area contributed by atoms with Crippen molar-refractivity contribution >= 4 is 22.1 Å². The number of phenols is 1. The van der Waals surface area contributed by atoms with Crippen molar-refractivity contribution in [2.24, 2.45) is 5.10 Å². The van der Waals surface area contributed by atoms with Crippen LogP contribution in [0.2, 0.25) is 0 Å². The van der Waals surface area contributed by atoms with Gasteiger partial charge < -0.3 is 14.6 Å². The number of methoxy groups -OCH3 is 1. The minimum Gasteiger partial charge on any atom is -0.504 e. The van der Waals surface area contributed by atoms with Crippen LogP contribution in [0.1, 0.15) is 15.9 Å². The predicted molar refractivity (Wildman–Crippen MR) is 106 cm³/mol. The lowest BCUT2D eigenvalue weighted by atomic mass is 10.2. The van der Waals surface area contributed by atoms with Gasteiger partial charge in [0.05, 0.1) is 31.4 Å². The second-order valence-electron chi connectivity index (χ2n) is 6.17. The molecule has 1 saturated heterocycles. The number of phenolic OH excluding ortho intramolecular Hbond substituents is 1. The summed E-state index contributed by atoms with van der Waals surface area (Å²) in [5.41, 5.74) is 3.12. The van der Waals surface area contributed by atoms with E-state index in [9.17, 15) is 18.3 Å². The Morgan fingerprint density at radius 2 is 2.00 bits per heavy atom. The van der Waals surface area contributed by atoms with E-state index in [2.05, 4.69) is 10.5 Å². The molecule has 9 nitrogen and oxygen atoms in total.